The number of nitrogens with one attached hydrogen (secondary N) is 1. The zero-order valence-corrected chi connectivity index (χ0v) is 10.8. The molecule has 96 valence electrons. The molecule has 5 heteroatoms. The summed E-state index contributed by atoms with van der Waals surface area (Å²) in [5.74, 6) is -1.00. The zero-order chi connectivity index (χ0) is 12.3. The Balaban J connectivity index is 1.88. The Labute approximate surface area is 107 Å². The second-order valence-corrected chi connectivity index (χ2v) is 5.34. The van der Waals surface area contributed by atoms with Crippen molar-refractivity contribution < 1.29 is 9.90 Å². The second-order valence-electron chi connectivity index (χ2n) is 4.95. The number of hydrogen-bond donors (Lipinski definition) is 1. The summed E-state index contributed by atoms with van der Waals surface area (Å²) >= 11 is 5.31. The molecule has 0 bridgehead atoms. The minimum absolute atomic E-state index is 0.430. The van der Waals surface area contributed by atoms with Crippen LogP contribution < -0.4 is 10.4 Å². The first kappa shape index (κ1) is 12.6. The van der Waals surface area contributed by atoms with E-state index in [0.717, 1.165) is 25.8 Å². The number of thiocarbonyl (C=S) groups is 1. The van der Waals surface area contributed by atoms with Crippen LogP contribution in [0, 0.1) is 0 Å². The van der Waals surface area contributed by atoms with Gasteiger partial charge in [0, 0.05) is 12.6 Å². The van der Waals surface area contributed by atoms with Crippen LogP contribution in [0.4, 0.5) is 0 Å². The fraction of sp³-hybridized carbons (Fsp3) is 0.833. The average molecular weight is 255 g/mol. The smallest absolute Gasteiger partial charge is 0.169 e. The van der Waals surface area contributed by atoms with Crippen LogP contribution in [-0.4, -0.2) is 34.6 Å². The number of carboxylic acids is 1. The van der Waals surface area contributed by atoms with Gasteiger partial charge < -0.3 is 20.1 Å². The van der Waals surface area contributed by atoms with E-state index in [1.165, 1.54) is 19.3 Å². The van der Waals surface area contributed by atoms with Gasteiger partial charge in [0.05, 0.1) is 12.0 Å². The number of nitrogens with zero attached hydrogens (tertiary/aromatic N) is 1. The van der Waals surface area contributed by atoms with E-state index in [9.17, 15) is 9.90 Å². The molecule has 1 aliphatic carbocycles. The molecule has 0 radical (unpaired) electrons. The molecule has 0 aromatic carbocycles. The van der Waals surface area contributed by atoms with Crippen molar-refractivity contribution in [1.29, 1.82) is 0 Å². The van der Waals surface area contributed by atoms with E-state index < -0.39 is 12.0 Å². The monoisotopic (exact) mass is 255 g/mol. The first-order valence-electron chi connectivity index (χ1n) is 6.46. The van der Waals surface area contributed by atoms with Gasteiger partial charge in [-0.05, 0) is 37.9 Å². The lowest BCUT2D eigenvalue weighted by atomic mass is 9.96. The van der Waals surface area contributed by atoms with Crippen LogP contribution in [0.2, 0.25) is 0 Å². The molecule has 0 aromatic rings. The number of hydrogen-bond acceptors (Lipinski definition) is 3. The van der Waals surface area contributed by atoms with E-state index >= 15 is 0 Å². The molecule has 1 atom stereocenters. The van der Waals surface area contributed by atoms with Crippen molar-refractivity contribution >= 4 is 23.3 Å². The normalized spacial score (nSPS) is 25.9. The molecule has 1 aliphatic heterocycles. The highest BCUT2D eigenvalue weighted by molar-refractivity contribution is 7.80. The van der Waals surface area contributed by atoms with Crippen LogP contribution in [0.5, 0.6) is 0 Å². The van der Waals surface area contributed by atoms with Crippen LogP contribution in [0.15, 0.2) is 0 Å². The topological polar surface area (TPSA) is 55.4 Å². The van der Waals surface area contributed by atoms with E-state index in [-0.39, 0.29) is 0 Å². The van der Waals surface area contributed by atoms with Crippen LogP contribution in [0.1, 0.15) is 44.9 Å². The lowest BCUT2D eigenvalue weighted by Crippen LogP contribution is -2.52. The summed E-state index contributed by atoms with van der Waals surface area (Å²) in [7, 11) is 0. The van der Waals surface area contributed by atoms with Gasteiger partial charge >= 0.3 is 0 Å². The minimum Gasteiger partial charge on any atom is -0.548 e. The molecular formula is C12H19N2O2S-. The SMILES string of the molecule is O=C([O-])C1CCCN1C(=S)NC1CCCCC1. The number of carbonyl (C=O) groups excluding carboxylic acids is 1. The van der Waals surface area contributed by atoms with E-state index in [1.54, 1.807) is 4.90 Å². The highest BCUT2D eigenvalue weighted by Crippen LogP contribution is 2.20. The van der Waals surface area contributed by atoms with Crippen molar-refractivity contribution in [2.45, 2.75) is 57.0 Å². The van der Waals surface area contributed by atoms with E-state index in [1.807, 2.05) is 0 Å². The lowest BCUT2D eigenvalue weighted by molar-refractivity contribution is -0.309. The summed E-state index contributed by atoms with van der Waals surface area (Å²) in [5, 5.41) is 14.9. The number of rotatable bonds is 2. The predicted molar refractivity (Wildman–Crippen MR) is 67.3 cm³/mol. The summed E-state index contributed by atoms with van der Waals surface area (Å²) in [5.41, 5.74) is 0. The van der Waals surface area contributed by atoms with E-state index in [0.29, 0.717) is 17.6 Å². The van der Waals surface area contributed by atoms with Gasteiger partial charge in [-0.3, -0.25) is 0 Å². The third-order valence-electron chi connectivity index (χ3n) is 3.72. The van der Waals surface area contributed by atoms with Gasteiger partial charge in [-0.15, -0.1) is 0 Å². The van der Waals surface area contributed by atoms with Crippen LogP contribution in [0.3, 0.4) is 0 Å². The molecule has 1 saturated carbocycles. The van der Waals surface area contributed by atoms with E-state index in [2.05, 4.69) is 5.32 Å². The molecule has 17 heavy (non-hydrogen) atoms. The predicted octanol–water partition coefficient (Wildman–Crippen LogP) is 0.408. The Hall–Kier alpha value is -0.840. The largest absolute Gasteiger partial charge is 0.548 e. The van der Waals surface area contributed by atoms with Crippen molar-refractivity contribution in [3.8, 4) is 0 Å². The van der Waals surface area contributed by atoms with Crippen molar-refractivity contribution in [2.75, 3.05) is 6.54 Å². The van der Waals surface area contributed by atoms with Crippen LogP contribution in [0.25, 0.3) is 0 Å². The molecule has 1 heterocycles. The summed E-state index contributed by atoms with van der Waals surface area (Å²) in [6.07, 6.45) is 7.60. The first-order chi connectivity index (χ1) is 8.18. The summed E-state index contributed by atoms with van der Waals surface area (Å²) in [6.45, 7) is 0.733. The van der Waals surface area contributed by atoms with Crippen LogP contribution in [-0.2, 0) is 4.79 Å². The third kappa shape index (κ3) is 3.09. The molecular weight excluding hydrogens is 236 g/mol. The van der Waals surface area contributed by atoms with Gasteiger partial charge in [0.1, 0.15) is 0 Å². The maximum absolute atomic E-state index is 11.0. The van der Waals surface area contributed by atoms with Gasteiger partial charge in [-0.2, -0.15) is 0 Å². The first-order valence-corrected chi connectivity index (χ1v) is 6.87. The Morgan fingerprint density at radius 3 is 2.53 bits per heavy atom. The molecule has 2 rings (SSSR count). The van der Waals surface area contributed by atoms with E-state index in [4.69, 9.17) is 12.2 Å². The van der Waals surface area contributed by atoms with Crippen LogP contribution >= 0.6 is 12.2 Å². The van der Waals surface area contributed by atoms with Gasteiger partial charge in [-0.1, -0.05) is 19.3 Å². The number of carboxylic acid groups (broad SMARTS) is 1. The second kappa shape index (κ2) is 5.67. The standard InChI is InChI=1S/C12H20N2O2S/c15-11(16)10-7-4-8-14(10)12(17)13-9-5-2-1-3-6-9/h9-10H,1-8H2,(H,13,17)(H,15,16)/p-1. The van der Waals surface area contributed by atoms with Gasteiger partial charge in [0.2, 0.25) is 0 Å². The van der Waals surface area contributed by atoms with Crippen molar-refractivity contribution in [1.82, 2.24) is 10.2 Å². The van der Waals surface area contributed by atoms with Crippen molar-refractivity contribution in [3.05, 3.63) is 0 Å². The maximum Gasteiger partial charge on any atom is 0.169 e. The highest BCUT2D eigenvalue weighted by atomic mass is 32.1. The molecule has 1 N–H and O–H groups in total. The molecule has 0 aromatic heterocycles. The summed E-state index contributed by atoms with van der Waals surface area (Å²) in [4.78, 5) is 12.7. The molecule has 2 aliphatic rings. The molecule has 2 fully saturated rings. The molecule has 0 amide bonds. The molecule has 1 unspecified atom stereocenters. The average Bonchev–Trinajstić information content (AvgIpc) is 2.79. The maximum atomic E-state index is 11.0. The fourth-order valence-electron chi connectivity index (χ4n) is 2.76. The Kier molecular flexibility index (Phi) is 4.20. The summed E-state index contributed by atoms with van der Waals surface area (Å²) < 4.78 is 0. The Morgan fingerprint density at radius 1 is 1.18 bits per heavy atom. The van der Waals surface area contributed by atoms with Gasteiger partial charge in [0.25, 0.3) is 0 Å². The van der Waals surface area contributed by atoms with Crippen molar-refractivity contribution in [3.63, 3.8) is 0 Å². The molecule has 1 saturated heterocycles. The van der Waals surface area contributed by atoms with Crippen molar-refractivity contribution in [2.24, 2.45) is 0 Å². The molecule has 0 spiro atoms. The summed E-state index contributed by atoms with van der Waals surface area (Å²) in [6, 6.07) is -0.0992. The molecule has 4 nitrogen and oxygen atoms in total. The minimum atomic E-state index is -1.00. The zero-order valence-electron chi connectivity index (χ0n) is 9.98. The Morgan fingerprint density at radius 2 is 1.88 bits per heavy atom. The number of aliphatic carboxylic acids is 1. The fourth-order valence-corrected chi connectivity index (χ4v) is 3.14. The lowest BCUT2D eigenvalue weighted by Gasteiger charge is -2.32. The quantitative estimate of drug-likeness (QED) is 0.724. The third-order valence-corrected chi connectivity index (χ3v) is 4.07. The van der Waals surface area contributed by atoms with Gasteiger partial charge in [0.15, 0.2) is 5.11 Å². The Bertz CT molecular complexity index is 303. The van der Waals surface area contributed by atoms with Gasteiger partial charge in [-0.25, -0.2) is 0 Å². The highest BCUT2D eigenvalue weighted by Gasteiger charge is 2.28. The number of likely N-dealkylation sites (tertiary alicyclic amines) is 1. The number of carbonyl (C=O) groups is 1.